The molecule has 0 aromatic rings. The lowest BCUT2D eigenvalue weighted by Crippen LogP contribution is -2.38. The van der Waals surface area contributed by atoms with Gasteiger partial charge in [0.15, 0.2) is 6.29 Å². The van der Waals surface area contributed by atoms with Crippen molar-refractivity contribution < 1.29 is 9.84 Å². The molecule has 0 spiro atoms. The summed E-state index contributed by atoms with van der Waals surface area (Å²) in [5.74, 6) is 0. The lowest BCUT2D eigenvalue weighted by molar-refractivity contribution is 0.155. The van der Waals surface area contributed by atoms with Gasteiger partial charge in [-0.25, -0.2) is 0 Å². The summed E-state index contributed by atoms with van der Waals surface area (Å²) in [6, 6.07) is 0.420. The number of epoxide rings is 1. The van der Waals surface area contributed by atoms with E-state index in [-0.39, 0.29) is 6.10 Å². The van der Waals surface area contributed by atoms with Crippen LogP contribution in [0.5, 0.6) is 0 Å². The van der Waals surface area contributed by atoms with Crippen LogP contribution >= 0.6 is 0 Å². The van der Waals surface area contributed by atoms with Gasteiger partial charge >= 0.3 is 0 Å². The van der Waals surface area contributed by atoms with Crippen molar-refractivity contribution in [3.8, 4) is 0 Å². The summed E-state index contributed by atoms with van der Waals surface area (Å²) in [5.41, 5.74) is 0. The number of piperidine rings is 1. The molecule has 2 aliphatic heterocycles. The van der Waals surface area contributed by atoms with E-state index in [1.165, 1.54) is 12.8 Å². The largest absolute Gasteiger partial charge is 0.366 e. The summed E-state index contributed by atoms with van der Waals surface area (Å²) in [7, 11) is 0. The maximum Gasteiger partial charge on any atom is 0.183 e. The van der Waals surface area contributed by atoms with Gasteiger partial charge in [-0.3, -0.25) is 0 Å². The second-order valence-corrected chi connectivity index (χ2v) is 3.05. The molecule has 0 saturated carbocycles. The number of rotatable bonds is 1. The first-order valence-electron chi connectivity index (χ1n) is 3.95. The molecule has 0 aromatic carbocycles. The standard InChI is InChI=1S/C7H13NO2/c9-7-6(10-7)5-3-1-2-4-8-5/h5-9H,1-4H2. The van der Waals surface area contributed by atoms with Crippen LogP contribution in [0.2, 0.25) is 0 Å². The quantitative estimate of drug-likeness (QED) is 0.501. The molecular formula is C7H13NO2. The molecule has 3 heteroatoms. The highest BCUT2D eigenvalue weighted by atomic mass is 16.7. The van der Waals surface area contributed by atoms with Gasteiger partial charge in [-0.15, -0.1) is 0 Å². The normalized spacial score (nSPS) is 47.1. The van der Waals surface area contributed by atoms with Crippen LogP contribution in [0, 0.1) is 0 Å². The van der Waals surface area contributed by atoms with Gasteiger partial charge < -0.3 is 15.2 Å². The van der Waals surface area contributed by atoms with Crippen molar-refractivity contribution in [3.63, 3.8) is 0 Å². The Bertz CT molecular complexity index is 123. The van der Waals surface area contributed by atoms with E-state index in [9.17, 15) is 0 Å². The molecule has 2 aliphatic rings. The van der Waals surface area contributed by atoms with Crippen LogP contribution in [-0.4, -0.2) is 30.1 Å². The minimum Gasteiger partial charge on any atom is -0.366 e. The van der Waals surface area contributed by atoms with E-state index in [0.717, 1.165) is 13.0 Å². The molecular weight excluding hydrogens is 130 g/mol. The lowest BCUT2D eigenvalue weighted by atomic mass is 10.0. The number of nitrogens with one attached hydrogen (secondary N) is 1. The predicted octanol–water partition coefficient (Wildman–Crippen LogP) is -0.154. The molecule has 2 N–H and O–H groups in total. The SMILES string of the molecule is OC1OC1C1CCCCN1. The first-order chi connectivity index (χ1) is 4.88. The minimum absolute atomic E-state index is 0.0975. The van der Waals surface area contributed by atoms with Crippen LogP contribution in [0.3, 0.4) is 0 Å². The molecule has 2 saturated heterocycles. The summed E-state index contributed by atoms with van der Waals surface area (Å²) >= 11 is 0. The highest BCUT2D eigenvalue weighted by molar-refractivity contribution is 4.90. The first kappa shape index (κ1) is 6.58. The van der Waals surface area contributed by atoms with Crippen molar-refractivity contribution in [2.45, 2.75) is 37.7 Å². The summed E-state index contributed by atoms with van der Waals surface area (Å²) < 4.78 is 4.95. The molecule has 0 aliphatic carbocycles. The van der Waals surface area contributed by atoms with Crippen LogP contribution in [0.25, 0.3) is 0 Å². The Morgan fingerprint density at radius 3 is 2.70 bits per heavy atom. The molecule has 3 unspecified atom stereocenters. The Morgan fingerprint density at radius 1 is 1.40 bits per heavy atom. The Morgan fingerprint density at radius 2 is 2.20 bits per heavy atom. The van der Waals surface area contributed by atoms with Crippen LogP contribution in [0.4, 0.5) is 0 Å². The van der Waals surface area contributed by atoms with Gasteiger partial charge in [0.2, 0.25) is 0 Å². The second kappa shape index (κ2) is 2.49. The van der Waals surface area contributed by atoms with Crippen molar-refractivity contribution >= 4 is 0 Å². The molecule has 3 atom stereocenters. The Balaban J connectivity index is 1.81. The second-order valence-electron chi connectivity index (χ2n) is 3.05. The van der Waals surface area contributed by atoms with Crippen molar-refractivity contribution in [1.82, 2.24) is 5.32 Å². The average Bonchev–Trinajstić information content (AvgIpc) is 2.69. The zero-order chi connectivity index (χ0) is 6.97. The highest BCUT2D eigenvalue weighted by Gasteiger charge is 2.43. The van der Waals surface area contributed by atoms with E-state index in [2.05, 4.69) is 5.32 Å². The van der Waals surface area contributed by atoms with E-state index >= 15 is 0 Å². The average molecular weight is 143 g/mol. The molecule has 0 bridgehead atoms. The Kier molecular flexibility index (Phi) is 1.64. The monoisotopic (exact) mass is 143 g/mol. The molecule has 0 aromatic heterocycles. The molecule has 0 radical (unpaired) electrons. The van der Waals surface area contributed by atoms with Gasteiger partial charge in [0.1, 0.15) is 6.10 Å². The maximum atomic E-state index is 8.92. The highest BCUT2D eigenvalue weighted by Crippen LogP contribution is 2.26. The number of aliphatic hydroxyl groups is 1. The van der Waals surface area contributed by atoms with Gasteiger partial charge in [0, 0.05) is 6.04 Å². The smallest absolute Gasteiger partial charge is 0.183 e. The predicted molar refractivity (Wildman–Crippen MR) is 36.5 cm³/mol. The third-order valence-corrected chi connectivity index (χ3v) is 2.25. The summed E-state index contributed by atoms with van der Waals surface area (Å²) in [5, 5.41) is 12.2. The molecule has 2 rings (SSSR count). The molecule has 2 heterocycles. The van der Waals surface area contributed by atoms with E-state index in [1.54, 1.807) is 0 Å². The Labute approximate surface area is 60.4 Å². The number of hydrogen-bond acceptors (Lipinski definition) is 3. The third-order valence-electron chi connectivity index (χ3n) is 2.25. The summed E-state index contributed by atoms with van der Waals surface area (Å²) in [6.45, 7) is 1.08. The fraction of sp³-hybridized carbons (Fsp3) is 1.00. The first-order valence-corrected chi connectivity index (χ1v) is 3.95. The van der Waals surface area contributed by atoms with E-state index < -0.39 is 6.29 Å². The van der Waals surface area contributed by atoms with Crippen molar-refractivity contribution in [2.24, 2.45) is 0 Å². The molecule has 3 nitrogen and oxygen atoms in total. The number of hydrogen-bond donors (Lipinski definition) is 2. The van der Waals surface area contributed by atoms with Gasteiger partial charge in [-0.1, -0.05) is 6.42 Å². The topological polar surface area (TPSA) is 44.8 Å². The van der Waals surface area contributed by atoms with E-state index in [0.29, 0.717) is 6.04 Å². The van der Waals surface area contributed by atoms with Crippen LogP contribution < -0.4 is 5.32 Å². The number of ether oxygens (including phenoxy) is 1. The van der Waals surface area contributed by atoms with Gasteiger partial charge in [-0.05, 0) is 19.4 Å². The third kappa shape index (κ3) is 1.17. The fourth-order valence-corrected chi connectivity index (χ4v) is 1.57. The van der Waals surface area contributed by atoms with Crippen LogP contribution in [0.1, 0.15) is 19.3 Å². The van der Waals surface area contributed by atoms with E-state index in [4.69, 9.17) is 9.84 Å². The maximum absolute atomic E-state index is 8.92. The van der Waals surface area contributed by atoms with Gasteiger partial charge in [-0.2, -0.15) is 0 Å². The zero-order valence-corrected chi connectivity index (χ0v) is 5.92. The summed E-state index contributed by atoms with van der Waals surface area (Å²) in [6.07, 6.45) is 3.31. The zero-order valence-electron chi connectivity index (χ0n) is 5.92. The Hall–Kier alpha value is -0.120. The van der Waals surface area contributed by atoms with Crippen molar-refractivity contribution in [3.05, 3.63) is 0 Å². The minimum atomic E-state index is -0.476. The fourth-order valence-electron chi connectivity index (χ4n) is 1.57. The van der Waals surface area contributed by atoms with E-state index in [1.807, 2.05) is 0 Å². The van der Waals surface area contributed by atoms with Crippen LogP contribution in [0.15, 0.2) is 0 Å². The summed E-state index contributed by atoms with van der Waals surface area (Å²) in [4.78, 5) is 0. The molecule has 0 amide bonds. The molecule has 10 heavy (non-hydrogen) atoms. The van der Waals surface area contributed by atoms with Gasteiger partial charge in [0.25, 0.3) is 0 Å². The lowest BCUT2D eigenvalue weighted by Gasteiger charge is -2.21. The van der Waals surface area contributed by atoms with Crippen LogP contribution in [-0.2, 0) is 4.74 Å². The molecule has 2 fully saturated rings. The number of aliphatic hydroxyl groups excluding tert-OH is 1. The molecule has 58 valence electrons. The van der Waals surface area contributed by atoms with Crippen molar-refractivity contribution in [1.29, 1.82) is 0 Å². The van der Waals surface area contributed by atoms with Crippen molar-refractivity contribution in [2.75, 3.05) is 6.54 Å². The van der Waals surface area contributed by atoms with Gasteiger partial charge in [0.05, 0.1) is 0 Å².